The van der Waals surface area contributed by atoms with Gasteiger partial charge >= 0.3 is 0 Å². The third kappa shape index (κ3) is 4.30. The van der Waals surface area contributed by atoms with Crippen LogP contribution in [0.4, 0.5) is 5.69 Å². The van der Waals surface area contributed by atoms with Crippen molar-refractivity contribution >= 4 is 21.6 Å². The summed E-state index contributed by atoms with van der Waals surface area (Å²) in [5.74, 6) is 0. The molecule has 0 aliphatic heterocycles. The average molecular weight is 300 g/mol. The predicted octanol–water partition coefficient (Wildman–Crippen LogP) is 2.47. The molecule has 0 heterocycles. The van der Waals surface area contributed by atoms with Crippen LogP contribution in [0.5, 0.6) is 0 Å². The monoisotopic (exact) mass is 299 g/mol. The molecule has 0 aliphatic rings. The van der Waals surface area contributed by atoms with Gasteiger partial charge in [0.1, 0.15) is 0 Å². The first-order valence-electron chi connectivity index (χ1n) is 5.82. The molecule has 17 heavy (non-hydrogen) atoms. The van der Waals surface area contributed by atoms with Crippen molar-refractivity contribution in [2.75, 3.05) is 39.1 Å². The van der Waals surface area contributed by atoms with Gasteiger partial charge in [-0.25, -0.2) is 0 Å². The van der Waals surface area contributed by atoms with Crippen molar-refractivity contribution < 1.29 is 0 Å². The maximum absolute atomic E-state index is 6.01. The molecule has 0 fully saturated rings. The van der Waals surface area contributed by atoms with Crippen LogP contribution in [0.3, 0.4) is 0 Å². The van der Waals surface area contributed by atoms with E-state index < -0.39 is 0 Å². The van der Waals surface area contributed by atoms with Gasteiger partial charge in [0.05, 0.1) is 0 Å². The Kier molecular flexibility index (Phi) is 5.43. The standard InChI is InChI=1S/C13H22BrN3/c1-10(15)12-6-5-11(14)9-13(12)17(4)8-7-16(2)3/h5-6,9-10H,7-8,15H2,1-4H3. The summed E-state index contributed by atoms with van der Waals surface area (Å²) in [5, 5.41) is 0. The highest BCUT2D eigenvalue weighted by Gasteiger charge is 2.11. The molecule has 0 saturated heterocycles. The van der Waals surface area contributed by atoms with Crippen LogP contribution >= 0.6 is 15.9 Å². The van der Waals surface area contributed by atoms with E-state index in [0.717, 1.165) is 17.6 Å². The first-order chi connectivity index (χ1) is 7.91. The number of nitrogens with two attached hydrogens (primary N) is 1. The smallest absolute Gasteiger partial charge is 0.0423 e. The summed E-state index contributed by atoms with van der Waals surface area (Å²) in [6.07, 6.45) is 0. The number of anilines is 1. The highest BCUT2D eigenvalue weighted by Crippen LogP contribution is 2.27. The molecule has 96 valence electrons. The topological polar surface area (TPSA) is 32.5 Å². The summed E-state index contributed by atoms with van der Waals surface area (Å²) in [6, 6.07) is 6.33. The van der Waals surface area contributed by atoms with Crippen LogP contribution in [0.25, 0.3) is 0 Å². The molecule has 0 amide bonds. The highest BCUT2D eigenvalue weighted by molar-refractivity contribution is 9.10. The summed E-state index contributed by atoms with van der Waals surface area (Å²) < 4.78 is 1.09. The van der Waals surface area contributed by atoms with Gasteiger partial charge in [-0.2, -0.15) is 0 Å². The Morgan fingerprint density at radius 3 is 2.41 bits per heavy atom. The van der Waals surface area contributed by atoms with Gasteiger partial charge in [0, 0.05) is 36.3 Å². The van der Waals surface area contributed by atoms with Gasteiger partial charge in [-0.1, -0.05) is 22.0 Å². The van der Waals surface area contributed by atoms with Gasteiger partial charge in [0.25, 0.3) is 0 Å². The molecule has 4 heteroatoms. The second-order valence-corrected chi connectivity index (χ2v) is 5.63. The minimum absolute atomic E-state index is 0.0555. The van der Waals surface area contributed by atoms with Gasteiger partial charge in [-0.15, -0.1) is 0 Å². The lowest BCUT2D eigenvalue weighted by Gasteiger charge is -2.25. The molecule has 1 aromatic carbocycles. The SMILES string of the molecule is CC(N)c1ccc(Br)cc1N(C)CCN(C)C. The van der Waals surface area contributed by atoms with Gasteiger partial charge in [0.2, 0.25) is 0 Å². The van der Waals surface area contributed by atoms with E-state index in [1.165, 1.54) is 11.3 Å². The van der Waals surface area contributed by atoms with Crippen molar-refractivity contribution in [1.29, 1.82) is 0 Å². The molecular weight excluding hydrogens is 278 g/mol. The first-order valence-corrected chi connectivity index (χ1v) is 6.62. The normalized spacial score (nSPS) is 12.9. The Bertz CT molecular complexity index is 364. The number of rotatable bonds is 5. The fraction of sp³-hybridized carbons (Fsp3) is 0.538. The van der Waals surface area contributed by atoms with Crippen LogP contribution in [-0.2, 0) is 0 Å². The fourth-order valence-electron chi connectivity index (χ4n) is 1.70. The van der Waals surface area contributed by atoms with Crippen LogP contribution in [0.2, 0.25) is 0 Å². The van der Waals surface area contributed by atoms with Crippen LogP contribution in [0, 0.1) is 0 Å². The molecule has 0 aromatic heterocycles. The summed E-state index contributed by atoms with van der Waals surface area (Å²) in [5.41, 5.74) is 8.40. The van der Waals surface area contributed by atoms with Crippen LogP contribution in [0.15, 0.2) is 22.7 Å². The second-order valence-electron chi connectivity index (χ2n) is 4.72. The molecule has 0 aliphatic carbocycles. The van der Waals surface area contributed by atoms with Crippen molar-refractivity contribution in [2.45, 2.75) is 13.0 Å². The molecule has 2 N–H and O–H groups in total. The summed E-state index contributed by atoms with van der Waals surface area (Å²) in [4.78, 5) is 4.43. The predicted molar refractivity (Wildman–Crippen MR) is 78.6 cm³/mol. The van der Waals surface area contributed by atoms with Gasteiger partial charge < -0.3 is 15.5 Å². The average Bonchev–Trinajstić information content (AvgIpc) is 2.25. The van der Waals surface area contributed by atoms with Crippen molar-refractivity contribution in [2.24, 2.45) is 5.73 Å². The molecule has 3 nitrogen and oxygen atoms in total. The summed E-state index contributed by atoms with van der Waals surface area (Å²) >= 11 is 3.52. The number of hydrogen-bond donors (Lipinski definition) is 1. The first kappa shape index (κ1) is 14.5. The van der Waals surface area contributed by atoms with E-state index in [-0.39, 0.29) is 6.04 Å². The number of likely N-dealkylation sites (N-methyl/N-ethyl adjacent to an activating group) is 2. The summed E-state index contributed by atoms with van der Waals surface area (Å²) in [7, 11) is 6.28. The van der Waals surface area contributed by atoms with Gasteiger partial charge in [-0.05, 0) is 38.7 Å². The quantitative estimate of drug-likeness (QED) is 0.906. The van der Waals surface area contributed by atoms with Crippen LogP contribution < -0.4 is 10.6 Å². The van der Waals surface area contributed by atoms with E-state index in [9.17, 15) is 0 Å². The summed E-state index contributed by atoms with van der Waals surface area (Å²) in [6.45, 7) is 4.04. The third-order valence-electron chi connectivity index (χ3n) is 2.78. The Morgan fingerprint density at radius 1 is 1.24 bits per heavy atom. The minimum Gasteiger partial charge on any atom is -0.373 e. The highest BCUT2D eigenvalue weighted by atomic mass is 79.9. The van der Waals surface area contributed by atoms with Gasteiger partial charge in [0.15, 0.2) is 0 Å². The number of benzene rings is 1. The lowest BCUT2D eigenvalue weighted by Crippen LogP contribution is -2.29. The van der Waals surface area contributed by atoms with E-state index in [4.69, 9.17) is 5.73 Å². The minimum atomic E-state index is 0.0555. The van der Waals surface area contributed by atoms with E-state index in [0.29, 0.717) is 0 Å². The molecule has 0 radical (unpaired) electrons. The molecule has 0 spiro atoms. The lowest BCUT2D eigenvalue weighted by atomic mass is 10.1. The molecule has 0 saturated carbocycles. The Balaban J connectivity index is 2.90. The molecule has 1 aromatic rings. The fourth-order valence-corrected chi connectivity index (χ4v) is 2.05. The molecule has 0 bridgehead atoms. The largest absolute Gasteiger partial charge is 0.373 e. The van der Waals surface area contributed by atoms with Crippen molar-refractivity contribution in [3.05, 3.63) is 28.2 Å². The number of hydrogen-bond acceptors (Lipinski definition) is 3. The number of nitrogens with zero attached hydrogens (tertiary/aromatic N) is 2. The Hall–Kier alpha value is -0.580. The molecule has 1 rings (SSSR count). The van der Waals surface area contributed by atoms with E-state index in [1.807, 2.05) is 13.0 Å². The third-order valence-corrected chi connectivity index (χ3v) is 3.27. The van der Waals surface area contributed by atoms with Crippen LogP contribution in [-0.4, -0.2) is 39.1 Å². The zero-order chi connectivity index (χ0) is 13.0. The van der Waals surface area contributed by atoms with Crippen molar-refractivity contribution in [3.8, 4) is 0 Å². The molecule has 1 unspecified atom stereocenters. The number of halogens is 1. The van der Waals surface area contributed by atoms with E-state index in [1.54, 1.807) is 0 Å². The zero-order valence-electron chi connectivity index (χ0n) is 11.1. The lowest BCUT2D eigenvalue weighted by molar-refractivity contribution is 0.416. The van der Waals surface area contributed by atoms with Crippen LogP contribution in [0.1, 0.15) is 18.5 Å². The van der Waals surface area contributed by atoms with Gasteiger partial charge in [-0.3, -0.25) is 0 Å². The maximum atomic E-state index is 6.01. The zero-order valence-corrected chi connectivity index (χ0v) is 12.7. The Labute approximate surface area is 113 Å². The van der Waals surface area contributed by atoms with E-state index in [2.05, 4.69) is 59.0 Å². The van der Waals surface area contributed by atoms with Crippen molar-refractivity contribution in [3.63, 3.8) is 0 Å². The second kappa shape index (κ2) is 6.38. The maximum Gasteiger partial charge on any atom is 0.0423 e. The molecule has 1 atom stereocenters. The van der Waals surface area contributed by atoms with E-state index >= 15 is 0 Å². The molecular formula is C13H22BrN3. The van der Waals surface area contributed by atoms with Crippen molar-refractivity contribution in [1.82, 2.24) is 4.90 Å². The Morgan fingerprint density at radius 2 is 1.88 bits per heavy atom.